The maximum absolute atomic E-state index is 13.2. The van der Waals surface area contributed by atoms with Crippen molar-refractivity contribution in [2.45, 2.75) is 32.9 Å². The number of hydrogen-bond donors (Lipinski definition) is 0. The first-order valence-corrected chi connectivity index (χ1v) is 9.37. The molecule has 2 aromatic carbocycles. The molecule has 1 fully saturated rings. The molecule has 2 aromatic rings. The van der Waals surface area contributed by atoms with Crippen LogP contribution in [0.4, 0.5) is 5.69 Å². The van der Waals surface area contributed by atoms with Crippen molar-refractivity contribution in [3.05, 3.63) is 65.2 Å². The molecule has 3 rings (SSSR count). The molecule has 1 amide bonds. The van der Waals surface area contributed by atoms with Crippen LogP contribution >= 0.6 is 0 Å². The normalized spacial score (nSPS) is 17.6. The highest BCUT2D eigenvalue weighted by molar-refractivity contribution is 6.00. The lowest BCUT2D eigenvalue weighted by Gasteiger charge is -2.22. The molecule has 5 nitrogen and oxygen atoms in total. The maximum atomic E-state index is 13.2. The van der Waals surface area contributed by atoms with Gasteiger partial charge in [-0.05, 0) is 38.6 Å². The van der Waals surface area contributed by atoms with E-state index in [1.165, 1.54) is 5.57 Å². The standard InChI is InChI=1S/C23H26N2O3/c1-5-17-11-16(2)25(14-17)23(26)19-12-21(27-4)22(13-20(19)24-3)28-15-18-9-7-6-8-10-18/h5-10,12-13,16H,3,11,14-15H2,1-2,4H3/b17-5+/t16-/m1/s1. The molecular formula is C23H26N2O3. The number of nitrogens with zero attached hydrogens (tertiary/aromatic N) is 2. The number of amides is 1. The van der Waals surface area contributed by atoms with E-state index in [4.69, 9.17) is 9.47 Å². The predicted octanol–water partition coefficient (Wildman–Crippen LogP) is 4.79. The third-order valence-corrected chi connectivity index (χ3v) is 5.05. The molecule has 0 aromatic heterocycles. The van der Waals surface area contributed by atoms with E-state index in [0.29, 0.717) is 35.9 Å². The predicted molar refractivity (Wildman–Crippen MR) is 112 cm³/mol. The molecule has 1 atom stereocenters. The van der Waals surface area contributed by atoms with E-state index in [1.54, 1.807) is 19.2 Å². The molecule has 146 valence electrons. The molecule has 0 unspecified atom stereocenters. The zero-order chi connectivity index (χ0) is 20.1. The maximum Gasteiger partial charge on any atom is 0.256 e. The van der Waals surface area contributed by atoms with Gasteiger partial charge in [0.1, 0.15) is 6.61 Å². The van der Waals surface area contributed by atoms with Crippen LogP contribution in [-0.2, 0) is 6.61 Å². The van der Waals surface area contributed by atoms with Crippen LogP contribution < -0.4 is 9.47 Å². The number of likely N-dealkylation sites (tertiary alicyclic amines) is 1. The third kappa shape index (κ3) is 4.09. The monoisotopic (exact) mass is 378 g/mol. The topological polar surface area (TPSA) is 51.1 Å². The van der Waals surface area contributed by atoms with Gasteiger partial charge in [-0.1, -0.05) is 42.0 Å². The van der Waals surface area contributed by atoms with Gasteiger partial charge in [-0.2, -0.15) is 0 Å². The zero-order valence-corrected chi connectivity index (χ0v) is 16.6. The van der Waals surface area contributed by atoms with Crippen molar-refractivity contribution in [1.29, 1.82) is 0 Å². The number of carbonyl (C=O) groups excluding carboxylic acids is 1. The van der Waals surface area contributed by atoms with E-state index in [1.807, 2.05) is 42.2 Å². The Morgan fingerprint density at radius 1 is 1.29 bits per heavy atom. The smallest absolute Gasteiger partial charge is 0.256 e. The largest absolute Gasteiger partial charge is 0.493 e. The first kappa shape index (κ1) is 19.7. The summed E-state index contributed by atoms with van der Waals surface area (Å²) in [5, 5.41) is 0. The molecule has 0 aliphatic carbocycles. The first-order chi connectivity index (χ1) is 13.6. The van der Waals surface area contributed by atoms with Gasteiger partial charge in [0, 0.05) is 18.7 Å². The van der Waals surface area contributed by atoms with Crippen LogP contribution in [-0.4, -0.2) is 37.2 Å². The quantitative estimate of drug-likeness (QED) is 0.537. The highest BCUT2D eigenvalue weighted by Crippen LogP contribution is 2.37. The summed E-state index contributed by atoms with van der Waals surface area (Å²) < 4.78 is 11.4. The highest BCUT2D eigenvalue weighted by atomic mass is 16.5. The number of carbonyl (C=O) groups is 1. The van der Waals surface area contributed by atoms with Crippen molar-refractivity contribution in [3.63, 3.8) is 0 Å². The summed E-state index contributed by atoms with van der Waals surface area (Å²) in [7, 11) is 1.57. The lowest BCUT2D eigenvalue weighted by molar-refractivity contribution is 0.0750. The summed E-state index contributed by atoms with van der Waals surface area (Å²) >= 11 is 0. The zero-order valence-electron chi connectivity index (χ0n) is 16.6. The second-order valence-electron chi connectivity index (χ2n) is 6.89. The van der Waals surface area contributed by atoms with E-state index in [0.717, 1.165) is 12.0 Å². The molecule has 0 bridgehead atoms. The van der Waals surface area contributed by atoms with Crippen LogP contribution in [0.1, 0.15) is 36.2 Å². The molecule has 1 heterocycles. The number of allylic oxidation sites excluding steroid dienone is 1. The average molecular weight is 378 g/mol. The summed E-state index contributed by atoms with van der Waals surface area (Å²) in [4.78, 5) is 19.1. The molecular weight excluding hydrogens is 352 g/mol. The second kappa shape index (κ2) is 8.74. The lowest BCUT2D eigenvalue weighted by Crippen LogP contribution is -2.33. The van der Waals surface area contributed by atoms with Crippen LogP contribution in [0.25, 0.3) is 0 Å². The fourth-order valence-electron chi connectivity index (χ4n) is 3.42. The SMILES string of the molecule is C=Nc1cc(OCc2ccccc2)c(OC)cc1C(=O)N1C/C(=C/C)C[C@H]1C. The average Bonchev–Trinajstić information content (AvgIpc) is 3.12. The van der Waals surface area contributed by atoms with E-state index in [9.17, 15) is 4.79 Å². The second-order valence-corrected chi connectivity index (χ2v) is 6.89. The van der Waals surface area contributed by atoms with Crippen LogP contribution in [0, 0.1) is 0 Å². The fourth-order valence-corrected chi connectivity index (χ4v) is 3.42. The van der Waals surface area contributed by atoms with E-state index >= 15 is 0 Å². The van der Waals surface area contributed by atoms with Crippen molar-refractivity contribution in [1.82, 2.24) is 4.90 Å². The minimum Gasteiger partial charge on any atom is -0.493 e. The third-order valence-electron chi connectivity index (χ3n) is 5.05. The molecule has 0 radical (unpaired) electrons. The number of hydrogen-bond acceptors (Lipinski definition) is 4. The Morgan fingerprint density at radius 2 is 2.04 bits per heavy atom. The minimum absolute atomic E-state index is 0.0698. The number of benzene rings is 2. The molecule has 5 heteroatoms. The van der Waals surface area contributed by atoms with Gasteiger partial charge in [0.05, 0.1) is 18.4 Å². The van der Waals surface area contributed by atoms with Gasteiger partial charge < -0.3 is 14.4 Å². The van der Waals surface area contributed by atoms with Gasteiger partial charge in [0.15, 0.2) is 11.5 Å². The van der Waals surface area contributed by atoms with Gasteiger partial charge in [-0.25, -0.2) is 0 Å². The van der Waals surface area contributed by atoms with Crippen molar-refractivity contribution < 1.29 is 14.3 Å². The number of aliphatic imine (C=N–C) groups is 1. The first-order valence-electron chi connectivity index (χ1n) is 9.37. The summed E-state index contributed by atoms with van der Waals surface area (Å²) in [5.41, 5.74) is 3.28. The molecule has 28 heavy (non-hydrogen) atoms. The Morgan fingerprint density at radius 3 is 2.64 bits per heavy atom. The summed E-state index contributed by atoms with van der Waals surface area (Å²) in [6, 6.07) is 13.4. The van der Waals surface area contributed by atoms with Gasteiger partial charge in [-0.15, -0.1) is 0 Å². The van der Waals surface area contributed by atoms with E-state index < -0.39 is 0 Å². The summed E-state index contributed by atoms with van der Waals surface area (Å²) in [6.45, 7) is 8.74. The molecule has 0 N–H and O–H groups in total. The van der Waals surface area contributed by atoms with Crippen LogP contribution in [0.2, 0.25) is 0 Å². The van der Waals surface area contributed by atoms with E-state index in [2.05, 4.69) is 24.7 Å². The summed E-state index contributed by atoms with van der Waals surface area (Å²) in [6.07, 6.45) is 2.98. The molecule has 1 aliphatic rings. The molecule has 1 saturated heterocycles. The van der Waals surface area contributed by atoms with Gasteiger partial charge in [-0.3, -0.25) is 9.79 Å². The number of rotatable bonds is 6. The molecule has 1 aliphatic heterocycles. The van der Waals surface area contributed by atoms with E-state index in [-0.39, 0.29) is 11.9 Å². The van der Waals surface area contributed by atoms with Gasteiger partial charge >= 0.3 is 0 Å². The Labute approximate surface area is 166 Å². The Bertz CT molecular complexity index is 890. The van der Waals surface area contributed by atoms with Crippen LogP contribution in [0.5, 0.6) is 11.5 Å². The van der Waals surface area contributed by atoms with Crippen LogP contribution in [0.3, 0.4) is 0 Å². The fraction of sp³-hybridized carbons (Fsp3) is 0.304. The number of ether oxygens (including phenoxy) is 2. The minimum atomic E-state index is -0.0698. The number of methoxy groups -OCH3 is 1. The van der Waals surface area contributed by atoms with Gasteiger partial charge in [0.25, 0.3) is 5.91 Å². The van der Waals surface area contributed by atoms with Crippen molar-refractivity contribution >= 4 is 18.3 Å². The van der Waals surface area contributed by atoms with Crippen molar-refractivity contribution in [2.24, 2.45) is 4.99 Å². The Kier molecular flexibility index (Phi) is 6.14. The Hall–Kier alpha value is -3.08. The van der Waals surface area contributed by atoms with Crippen molar-refractivity contribution in [2.75, 3.05) is 13.7 Å². The highest BCUT2D eigenvalue weighted by Gasteiger charge is 2.30. The summed E-state index contributed by atoms with van der Waals surface area (Å²) in [5.74, 6) is 0.971. The Balaban J connectivity index is 1.88. The van der Waals surface area contributed by atoms with Crippen LogP contribution in [0.15, 0.2) is 59.1 Å². The lowest BCUT2D eigenvalue weighted by atomic mass is 10.1. The molecule has 0 spiro atoms. The van der Waals surface area contributed by atoms with Gasteiger partial charge in [0.2, 0.25) is 0 Å². The molecule has 0 saturated carbocycles. The van der Waals surface area contributed by atoms with Crippen molar-refractivity contribution in [3.8, 4) is 11.5 Å².